The third-order valence-corrected chi connectivity index (χ3v) is 3.79. The van der Waals surface area contributed by atoms with Crippen molar-refractivity contribution in [1.82, 2.24) is 15.2 Å². The molecule has 1 N–H and O–H groups in total. The van der Waals surface area contributed by atoms with Crippen LogP contribution in [0, 0.1) is 0 Å². The second kappa shape index (κ2) is 6.49. The summed E-state index contributed by atoms with van der Waals surface area (Å²) in [5.74, 6) is 0.770. The van der Waals surface area contributed by atoms with Crippen LogP contribution in [-0.2, 0) is 6.61 Å². The maximum Gasteiger partial charge on any atom is 0.205 e. The summed E-state index contributed by atoms with van der Waals surface area (Å²) in [5, 5.41) is 14.2. The molecule has 0 atom stereocenters. The highest BCUT2D eigenvalue weighted by atomic mass is 32.1. The van der Waals surface area contributed by atoms with E-state index in [9.17, 15) is 0 Å². The van der Waals surface area contributed by atoms with Gasteiger partial charge in [-0.15, -0.1) is 10.2 Å². The Morgan fingerprint density at radius 2 is 2.10 bits per heavy atom. The van der Waals surface area contributed by atoms with Gasteiger partial charge in [0, 0.05) is 18.1 Å². The zero-order chi connectivity index (χ0) is 14.5. The highest BCUT2D eigenvalue weighted by molar-refractivity contribution is 7.15. The summed E-state index contributed by atoms with van der Waals surface area (Å²) in [6.07, 6.45) is 2.83. The van der Waals surface area contributed by atoms with Gasteiger partial charge in [0.05, 0.1) is 0 Å². The fourth-order valence-electron chi connectivity index (χ4n) is 1.95. The molecule has 0 spiro atoms. The number of fused-ring (bicyclic) bond motifs is 1. The zero-order valence-electron chi connectivity index (χ0n) is 11.7. The van der Waals surface area contributed by atoms with Crippen LogP contribution in [0.3, 0.4) is 0 Å². The second-order valence-electron chi connectivity index (χ2n) is 4.55. The van der Waals surface area contributed by atoms with Gasteiger partial charge in [0.15, 0.2) is 5.01 Å². The SMILES string of the molecule is CCCNc1nnc(COc2cccc3cccnc23)s1. The number of anilines is 1. The van der Waals surface area contributed by atoms with E-state index in [-0.39, 0.29) is 0 Å². The first-order valence-corrected chi connectivity index (χ1v) is 7.71. The summed E-state index contributed by atoms with van der Waals surface area (Å²) in [6, 6.07) is 9.85. The molecule has 3 rings (SSSR count). The predicted molar refractivity (Wildman–Crippen MR) is 84.8 cm³/mol. The maximum absolute atomic E-state index is 5.84. The number of para-hydroxylation sites is 1. The molecule has 0 aliphatic carbocycles. The first-order chi connectivity index (χ1) is 10.4. The number of nitrogens with one attached hydrogen (secondary N) is 1. The van der Waals surface area contributed by atoms with Crippen LogP contribution in [0.25, 0.3) is 10.9 Å². The lowest BCUT2D eigenvalue weighted by molar-refractivity contribution is 0.307. The molecule has 3 aromatic rings. The number of ether oxygens (including phenoxy) is 1. The van der Waals surface area contributed by atoms with E-state index in [0.717, 1.165) is 39.8 Å². The van der Waals surface area contributed by atoms with Gasteiger partial charge in [0.1, 0.15) is 17.9 Å². The zero-order valence-corrected chi connectivity index (χ0v) is 12.6. The predicted octanol–water partition coefficient (Wildman–Crippen LogP) is 3.49. The van der Waals surface area contributed by atoms with Crippen LogP contribution < -0.4 is 10.1 Å². The van der Waals surface area contributed by atoms with Gasteiger partial charge in [-0.2, -0.15) is 0 Å². The lowest BCUT2D eigenvalue weighted by Crippen LogP contribution is -1.98. The Hall–Kier alpha value is -2.21. The van der Waals surface area contributed by atoms with Crippen LogP contribution >= 0.6 is 11.3 Å². The molecular weight excluding hydrogens is 284 g/mol. The van der Waals surface area contributed by atoms with Crippen molar-refractivity contribution in [3.05, 3.63) is 41.5 Å². The minimum Gasteiger partial charge on any atom is -0.484 e. The van der Waals surface area contributed by atoms with Gasteiger partial charge < -0.3 is 10.1 Å². The van der Waals surface area contributed by atoms with Gasteiger partial charge in [-0.3, -0.25) is 4.98 Å². The van der Waals surface area contributed by atoms with Crippen molar-refractivity contribution >= 4 is 27.4 Å². The summed E-state index contributed by atoms with van der Waals surface area (Å²) < 4.78 is 5.84. The Bertz CT molecular complexity index is 723. The molecule has 2 aromatic heterocycles. The van der Waals surface area contributed by atoms with Gasteiger partial charge >= 0.3 is 0 Å². The smallest absolute Gasteiger partial charge is 0.205 e. The number of aromatic nitrogens is 3. The molecule has 0 aliphatic rings. The Balaban J connectivity index is 1.70. The summed E-state index contributed by atoms with van der Waals surface area (Å²) >= 11 is 1.52. The molecule has 0 amide bonds. The summed E-state index contributed by atoms with van der Waals surface area (Å²) in [5.41, 5.74) is 0.869. The van der Waals surface area contributed by atoms with Crippen molar-refractivity contribution in [2.45, 2.75) is 20.0 Å². The van der Waals surface area contributed by atoms with E-state index < -0.39 is 0 Å². The van der Waals surface area contributed by atoms with Crippen molar-refractivity contribution in [2.75, 3.05) is 11.9 Å². The third kappa shape index (κ3) is 3.28. The number of hydrogen-bond donors (Lipinski definition) is 1. The van der Waals surface area contributed by atoms with Crippen molar-refractivity contribution in [3.63, 3.8) is 0 Å². The molecule has 0 saturated heterocycles. The molecule has 108 valence electrons. The molecule has 0 saturated carbocycles. The largest absolute Gasteiger partial charge is 0.484 e. The molecule has 0 fully saturated rings. The lowest BCUT2D eigenvalue weighted by atomic mass is 10.2. The second-order valence-corrected chi connectivity index (χ2v) is 5.61. The van der Waals surface area contributed by atoms with Gasteiger partial charge in [-0.25, -0.2) is 0 Å². The Labute approximate surface area is 127 Å². The standard InChI is InChI=1S/C15H16N4OS/c1-2-8-17-15-19-18-13(21-15)10-20-12-7-3-5-11-6-4-9-16-14(11)12/h3-7,9H,2,8,10H2,1H3,(H,17,19). The van der Waals surface area contributed by atoms with Crippen LogP contribution in [0.4, 0.5) is 5.13 Å². The summed E-state index contributed by atoms with van der Waals surface area (Å²) in [4.78, 5) is 4.37. The van der Waals surface area contributed by atoms with E-state index in [1.54, 1.807) is 6.20 Å². The number of rotatable bonds is 6. The van der Waals surface area contributed by atoms with E-state index in [1.807, 2.05) is 30.3 Å². The van der Waals surface area contributed by atoms with Gasteiger partial charge in [-0.05, 0) is 18.6 Å². The molecule has 21 heavy (non-hydrogen) atoms. The summed E-state index contributed by atoms with van der Waals surface area (Å²) in [7, 11) is 0. The van der Waals surface area contributed by atoms with Crippen molar-refractivity contribution < 1.29 is 4.74 Å². The Kier molecular flexibility index (Phi) is 4.25. The molecule has 0 radical (unpaired) electrons. The number of pyridine rings is 1. The summed E-state index contributed by atoms with van der Waals surface area (Å²) in [6.45, 7) is 3.43. The van der Waals surface area contributed by atoms with Crippen LogP contribution in [0.1, 0.15) is 18.4 Å². The minimum absolute atomic E-state index is 0.404. The highest BCUT2D eigenvalue weighted by Crippen LogP contribution is 2.24. The first kappa shape index (κ1) is 13.8. The maximum atomic E-state index is 5.84. The average molecular weight is 300 g/mol. The van der Waals surface area contributed by atoms with E-state index in [4.69, 9.17) is 4.74 Å². The molecule has 5 nitrogen and oxygen atoms in total. The van der Waals surface area contributed by atoms with Gasteiger partial charge in [-0.1, -0.05) is 36.5 Å². The topological polar surface area (TPSA) is 59.9 Å². The molecule has 0 aliphatic heterocycles. The van der Waals surface area contributed by atoms with Crippen molar-refractivity contribution in [1.29, 1.82) is 0 Å². The fourth-order valence-corrected chi connectivity index (χ4v) is 2.63. The van der Waals surface area contributed by atoms with Crippen LogP contribution in [-0.4, -0.2) is 21.7 Å². The minimum atomic E-state index is 0.404. The quantitative estimate of drug-likeness (QED) is 0.755. The van der Waals surface area contributed by atoms with Crippen molar-refractivity contribution in [2.24, 2.45) is 0 Å². The molecule has 0 unspecified atom stereocenters. The fraction of sp³-hybridized carbons (Fsp3) is 0.267. The highest BCUT2D eigenvalue weighted by Gasteiger charge is 2.07. The number of benzene rings is 1. The van der Waals surface area contributed by atoms with Gasteiger partial charge in [0.25, 0.3) is 0 Å². The average Bonchev–Trinajstić information content (AvgIpc) is 2.99. The van der Waals surface area contributed by atoms with Crippen LogP contribution in [0.2, 0.25) is 0 Å². The molecular formula is C15H16N4OS. The normalized spacial score (nSPS) is 10.7. The van der Waals surface area contributed by atoms with Gasteiger partial charge in [0.2, 0.25) is 5.13 Å². The number of hydrogen-bond acceptors (Lipinski definition) is 6. The lowest BCUT2D eigenvalue weighted by Gasteiger charge is -2.06. The molecule has 0 bridgehead atoms. The van der Waals surface area contributed by atoms with Crippen LogP contribution in [0.15, 0.2) is 36.5 Å². The molecule has 1 aromatic carbocycles. The van der Waals surface area contributed by atoms with Crippen molar-refractivity contribution in [3.8, 4) is 5.75 Å². The van der Waals surface area contributed by atoms with E-state index in [0.29, 0.717) is 6.61 Å². The molecule has 6 heteroatoms. The number of nitrogens with zero attached hydrogens (tertiary/aromatic N) is 3. The monoisotopic (exact) mass is 300 g/mol. The Morgan fingerprint density at radius 1 is 1.19 bits per heavy atom. The van der Waals surface area contributed by atoms with E-state index in [1.165, 1.54) is 11.3 Å². The first-order valence-electron chi connectivity index (χ1n) is 6.89. The van der Waals surface area contributed by atoms with Crippen LogP contribution in [0.5, 0.6) is 5.75 Å². The Morgan fingerprint density at radius 3 is 3.00 bits per heavy atom. The van der Waals surface area contributed by atoms with E-state index in [2.05, 4.69) is 27.4 Å². The molecule has 2 heterocycles. The third-order valence-electron chi connectivity index (χ3n) is 2.94. The van der Waals surface area contributed by atoms with E-state index >= 15 is 0 Å².